The summed E-state index contributed by atoms with van der Waals surface area (Å²) in [6.07, 6.45) is 0.105. The fourth-order valence-electron chi connectivity index (χ4n) is 1.92. The molecule has 0 atom stereocenters. The highest BCUT2D eigenvalue weighted by Crippen LogP contribution is 2.26. The number of hydrogen-bond acceptors (Lipinski definition) is 2. The lowest BCUT2D eigenvalue weighted by molar-refractivity contribution is 0.102. The average Bonchev–Trinajstić information content (AvgIpc) is 2.43. The van der Waals surface area contributed by atoms with Gasteiger partial charge in [0.15, 0.2) is 0 Å². The summed E-state index contributed by atoms with van der Waals surface area (Å²) in [7, 11) is 0. The number of rotatable bonds is 4. The van der Waals surface area contributed by atoms with E-state index in [4.69, 9.17) is 4.74 Å². The highest BCUT2D eigenvalue weighted by molar-refractivity contribution is 6.04. The maximum Gasteiger partial charge on any atom is 0.255 e. The predicted octanol–water partition coefficient (Wildman–Crippen LogP) is 4.03. The first-order chi connectivity index (χ1) is 9.58. The van der Waals surface area contributed by atoms with E-state index >= 15 is 0 Å². The van der Waals surface area contributed by atoms with Gasteiger partial charge in [0.25, 0.3) is 5.91 Å². The second kappa shape index (κ2) is 6.24. The summed E-state index contributed by atoms with van der Waals surface area (Å²) in [5.41, 5.74) is 2.35. The van der Waals surface area contributed by atoms with Crippen LogP contribution in [0.3, 0.4) is 0 Å². The van der Waals surface area contributed by atoms with Crippen molar-refractivity contribution in [3.05, 3.63) is 59.7 Å². The molecule has 2 aromatic rings. The molecule has 0 saturated carbocycles. The Balaban J connectivity index is 2.20. The van der Waals surface area contributed by atoms with Crippen molar-refractivity contribution in [1.29, 1.82) is 0 Å². The van der Waals surface area contributed by atoms with E-state index in [2.05, 4.69) is 5.32 Å². The van der Waals surface area contributed by atoms with Crippen LogP contribution in [-0.2, 0) is 0 Å². The van der Waals surface area contributed by atoms with Gasteiger partial charge in [-0.05, 0) is 45.0 Å². The number of amides is 1. The number of carbonyl (C=O) groups excluding carboxylic acids is 1. The van der Waals surface area contributed by atoms with Gasteiger partial charge >= 0.3 is 0 Å². The van der Waals surface area contributed by atoms with E-state index < -0.39 is 0 Å². The molecule has 2 rings (SSSR count). The van der Waals surface area contributed by atoms with Crippen LogP contribution < -0.4 is 10.1 Å². The van der Waals surface area contributed by atoms with Crippen molar-refractivity contribution in [2.45, 2.75) is 26.9 Å². The molecule has 20 heavy (non-hydrogen) atoms. The van der Waals surface area contributed by atoms with Crippen LogP contribution in [0.4, 0.5) is 5.69 Å². The third kappa shape index (κ3) is 3.38. The second-order valence-electron chi connectivity index (χ2n) is 4.92. The summed E-state index contributed by atoms with van der Waals surface area (Å²) in [5, 5.41) is 2.92. The lowest BCUT2D eigenvalue weighted by Crippen LogP contribution is -2.13. The predicted molar refractivity (Wildman–Crippen MR) is 81.3 cm³/mol. The molecule has 0 radical (unpaired) electrons. The Labute approximate surface area is 119 Å². The van der Waals surface area contributed by atoms with E-state index in [-0.39, 0.29) is 12.0 Å². The van der Waals surface area contributed by atoms with E-state index in [1.807, 2.05) is 57.2 Å². The molecule has 0 fully saturated rings. The van der Waals surface area contributed by atoms with Gasteiger partial charge in [-0.15, -0.1) is 0 Å². The summed E-state index contributed by atoms with van der Waals surface area (Å²) < 4.78 is 5.72. The van der Waals surface area contributed by atoms with Crippen molar-refractivity contribution >= 4 is 11.6 Å². The fourth-order valence-corrected chi connectivity index (χ4v) is 1.92. The number of hydrogen-bond donors (Lipinski definition) is 1. The van der Waals surface area contributed by atoms with Gasteiger partial charge in [-0.3, -0.25) is 4.79 Å². The first-order valence-electron chi connectivity index (χ1n) is 6.70. The summed E-state index contributed by atoms with van der Waals surface area (Å²) in [4.78, 5) is 12.1. The quantitative estimate of drug-likeness (QED) is 0.909. The molecular formula is C17H19NO2. The Bertz CT molecular complexity index is 591. The smallest absolute Gasteiger partial charge is 0.255 e. The van der Waals surface area contributed by atoms with Crippen LogP contribution >= 0.6 is 0 Å². The van der Waals surface area contributed by atoms with Gasteiger partial charge in [0.2, 0.25) is 0 Å². The van der Waals surface area contributed by atoms with Gasteiger partial charge in [-0.1, -0.05) is 24.3 Å². The summed E-state index contributed by atoms with van der Waals surface area (Å²) >= 11 is 0. The van der Waals surface area contributed by atoms with Crippen LogP contribution in [0, 0.1) is 6.92 Å². The van der Waals surface area contributed by atoms with E-state index in [1.54, 1.807) is 12.1 Å². The average molecular weight is 269 g/mol. The molecule has 3 nitrogen and oxygen atoms in total. The molecule has 104 valence electrons. The van der Waals surface area contributed by atoms with Crippen LogP contribution in [-0.4, -0.2) is 12.0 Å². The normalized spacial score (nSPS) is 10.4. The van der Waals surface area contributed by atoms with Crippen molar-refractivity contribution in [2.75, 3.05) is 5.32 Å². The Morgan fingerprint density at radius 1 is 1.05 bits per heavy atom. The minimum atomic E-state index is -0.115. The molecule has 0 aromatic heterocycles. The summed E-state index contributed by atoms with van der Waals surface area (Å²) in [6, 6.07) is 14.8. The third-order valence-electron chi connectivity index (χ3n) is 2.93. The number of benzene rings is 2. The lowest BCUT2D eigenvalue weighted by Gasteiger charge is -2.15. The van der Waals surface area contributed by atoms with Crippen molar-refractivity contribution in [3.63, 3.8) is 0 Å². The largest absolute Gasteiger partial charge is 0.491 e. The SMILES string of the molecule is Cc1c(NC(=O)c2ccccc2)cccc1OC(C)C. The van der Waals surface area contributed by atoms with Crippen molar-refractivity contribution < 1.29 is 9.53 Å². The van der Waals surface area contributed by atoms with E-state index in [1.165, 1.54) is 0 Å². The second-order valence-corrected chi connectivity index (χ2v) is 4.92. The highest BCUT2D eigenvalue weighted by atomic mass is 16.5. The molecule has 1 amide bonds. The zero-order chi connectivity index (χ0) is 14.5. The molecule has 3 heteroatoms. The molecule has 0 unspecified atom stereocenters. The molecule has 0 bridgehead atoms. The zero-order valence-electron chi connectivity index (χ0n) is 12.0. The van der Waals surface area contributed by atoms with Gasteiger partial charge < -0.3 is 10.1 Å². The number of ether oxygens (including phenoxy) is 1. The summed E-state index contributed by atoms with van der Waals surface area (Å²) in [6.45, 7) is 5.90. The number of carbonyl (C=O) groups is 1. The molecule has 0 heterocycles. The van der Waals surface area contributed by atoms with Crippen LogP contribution in [0.2, 0.25) is 0 Å². The molecule has 0 aliphatic heterocycles. The lowest BCUT2D eigenvalue weighted by atomic mass is 10.1. The van der Waals surface area contributed by atoms with Crippen molar-refractivity contribution in [1.82, 2.24) is 0 Å². The molecule has 0 aliphatic rings. The standard InChI is InChI=1S/C17H19NO2/c1-12(2)20-16-11-7-10-15(13(16)3)18-17(19)14-8-5-4-6-9-14/h4-12H,1-3H3,(H,18,19). The molecule has 2 aromatic carbocycles. The minimum absolute atomic E-state index is 0.105. The number of nitrogens with one attached hydrogen (secondary N) is 1. The van der Waals surface area contributed by atoms with E-state index in [0.29, 0.717) is 5.56 Å². The van der Waals surface area contributed by atoms with Gasteiger partial charge in [0.05, 0.1) is 6.10 Å². The third-order valence-corrected chi connectivity index (χ3v) is 2.93. The van der Waals surface area contributed by atoms with Crippen molar-refractivity contribution in [2.24, 2.45) is 0 Å². The monoisotopic (exact) mass is 269 g/mol. The molecule has 0 spiro atoms. The maximum absolute atomic E-state index is 12.1. The van der Waals surface area contributed by atoms with Gasteiger partial charge in [-0.25, -0.2) is 0 Å². The van der Waals surface area contributed by atoms with Gasteiger partial charge in [0.1, 0.15) is 5.75 Å². The Kier molecular flexibility index (Phi) is 4.41. The van der Waals surface area contributed by atoms with E-state index in [0.717, 1.165) is 17.0 Å². The first-order valence-corrected chi connectivity index (χ1v) is 6.70. The Hall–Kier alpha value is -2.29. The Morgan fingerprint density at radius 2 is 1.75 bits per heavy atom. The first kappa shape index (κ1) is 14.1. The molecule has 1 N–H and O–H groups in total. The number of anilines is 1. The van der Waals surface area contributed by atoms with Gasteiger partial charge in [0, 0.05) is 16.8 Å². The van der Waals surface area contributed by atoms with Crippen LogP contribution in [0.25, 0.3) is 0 Å². The molecule has 0 aliphatic carbocycles. The van der Waals surface area contributed by atoms with Gasteiger partial charge in [-0.2, -0.15) is 0 Å². The van der Waals surface area contributed by atoms with Crippen molar-refractivity contribution in [3.8, 4) is 5.75 Å². The maximum atomic E-state index is 12.1. The van der Waals surface area contributed by atoms with Crippen LogP contribution in [0.15, 0.2) is 48.5 Å². The van der Waals surface area contributed by atoms with E-state index in [9.17, 15) is 4.79 Å². The highest BCUT2D eigenvalue weighted by Gasteiger charge is 2.10. The summed E-state index contributed by atoms with van der Waals surface area (Å²) in [5.74, 6) is 0.682. The molecular weight excluding hydrogens is 250 g/mol. The molecule has 0 saturated heterocycles. The van der Waals surface area contributed by atoms with Crippen LogP contribution in [0.5, 0.6) is 5.75 Å². The van der Waals surface area contributed by atoms with Crippen LogP contribution in [0.1, 0.15) is 29.8 Å². The fraction of sp³-hybridized carbons (Fsp3) is 0.235. The zero-order valence-corrected chi connectivity index (χ0v) is 12.0. The topological polar surface area (TPSA) is 38.3 Å². The minimum Gasteiger partial charge on any atom is -0.491 e. The Morgan fingerprint density at radius 3 is 2.40 bits per heavy atom.